The zero-order valence-corrected chi connectivity index (χ0v) is 15.2. The van der Waals surface area contributed by atoms with Gasteiger partial charge in [0.1, 0.15) is 0 Å². The molecule has 2 aromatic carbocycles. The average Bonchev–Trinajstić information content (AvgIpc) is 3.40. The first-order chi connectivity index (χ1) is 13.8. The third-order valence-electron chi connectivity index (χ3n) is 5.04. The zero-order valence-electron chi connectivity index (χ0n) is 15.2. The molecule has 0 spiro atoms. The van der Waals surface area contributed by atoms with Crippen LogP contribution in [0.1, 0.15) is 16.1 Å². The van der Waals surface area contributed by atoms with Crippen LogP contribution in [-0.4, -0.2) is 27.2 Å². The van der Waals surface area contributed by atoms with E-state index in [4.69, 9.17) is 0 Å². The molecule has 3 heterocycles. The summed E-state index contributed by atoms with van der Waals surface area (Å²) >= 11 is 0. The lowest BCUT2D eigenvalue weighted by Crippen LogP contribution is -2.29. The van der Waals surface area contributed by atoms with Gasteiger partial charge < -0.3 is 4.90 Å². The highest BCUT2D eigenvalue weighted by Gasteiger charge is 2.27. The number of aromatic nitrogens is 3. The van der Waals surface area contributed by atoms with Gasteiger partial charge in [-0.2, -0.15) is 5.10 Å². The van der Waals surface area contributed by atoms with E-state index in [0.29, 0.717) is 12.2 Å². The summed E-state index contributed by atoms with van der Waals surface area (Å²) in [5, 5.41) is 4.68. The van der Waals surface area contributed by atoms with E-state index in [1.165, 1.54) is 5.56 Å². The third-order valence-corrected chi connectivity index (χ3v) is 5.04. The van der Waals surface area contributed by atoms with Crippen LogP contribution < -0.4 is 4.90 Å². The van der Waals surface area contributed by atoms with E-state index >= 15 is 0 Å². The second-order valence-electron chi connectivity index (χ2n) is 6.73. The number of benzene rings is 2. The van der Waals surface area contributed by atoms with Crippen molar-refractivity contribution in [3.8, 4) is 16.9 Å². The number of carbonyl (C=O) groups excluding carboxylic acids is 1. The Morgan fingerprint density at radius 1 is 0.893 bits per heavy atom. The Balaban J connectivity index is 1.60. The first-order valence-electron chi connectivity index (χ1n) is 9.27. The van der Waals surface area contributed by atoms with Crippen LogP contribution in [0, 0.1) is 0 Å². The molecule has 0 unspecified atom stereocenters. The second-order valence-corrected chi connectivity index (χ2v) is 6.73. The molecule has 5 heteroatoms. The quantitative estimate of drug-likeness (QED) is 0.548. The predicted octanol–water partition coefficient (Wildman–Crippen LogP) is 4.14. The van der Waals surface area contributed by atoms with E-state index < -0.39 is 0 Å². The maximum absolute atomic E-state index is 13.3. The molecule has 0 atom stereocenters. The number of amides is 1. The molecule has 1 amide bonds. The third kappa shape index (κ3) is 2.77. The van der Waals surface area contributed by atoms with E-state index in [2.05, 4.69) is 16.1 Å². The van der Waals surface area contributed by atoms with Gasteiger partial charge in [0.05, 0.1) is 11.4 Å². The van der Waals surface area contributed by atoms with Crippen LogP contribution in [0.3, 0.4) is 0 Å². The lowest BCUT2D eigenvalue weighted by Gasteiger charge is -2.15. The second kappa shape index (κ2) is 6.78. The molecule has 2 aromatic heterocycles. The van der Waals surface area contributed by atoms with Gasteiger partial charge in [0.2, 0.25) is 0 Å². The van der Waals surface area contributed by atoms with Gasteiger partial charge in [0, 0.05) is 30.2 Å². The van der Waals surface area contributed by atoms with Crippen molar-refractivity contribution in [2.45, 2.75) is 6.42 Å². The number of hydrogen-bond donors (Lipinski definition) is 0. The fourth-order valence-electron chi connectivity index (χ4n) is 3.67. The minimum Gasteiger partial charge on any atom is -0.306 e. The van der Waals surface area contributed by atoms with Crippen LogP contribution in [0.15, 0.2) is 85.2 Å². The summed E-state index contributed by atoms with van der Waals surface area (Å²) in [4.78, 5) is 19.2. The molecule has 0 bridgehead atoms. The Morgan fingerprint density at radius 3 is 2.46 bits per heavy atom. The summed E-state index contributed by atoms with van der Waals surface area (Å²) in [6, 6.07) is 23.6. The topological polar surface area (TPSA) is 51.0 Å². The van der Waals surface area contributed by atoms with Crippen molar-refractivity contribution >= 4 is 11.6 Å². The number of anilines is 1. The van der Waals surface area contributed by atoms with Gasteiger partial charge in [-0.3, -0.25) is 9.78 Å². The molecule has 0 N–H and O–H groups in total. The van der Waals surface area contributed by atoms with E-state index in [1.807, 2.05) is 76.3 Å². The van der Waals surface area contributed by atoms with Crippen molar-refractivity contribution in [2.75, 3.05) is 11.4 Å². The number of nitrogens with zero attached hydrogens (tertiary/aromatic N) is 4. The van der Waals surface area contributed by atoms with Crippen molar-refractivity contribution in [1.29, 1.82) is 0 Å². The maximum Gasteiger partial charge on any atom is 0.278 e. The highest BCUT2D eigenvalue weighted by atomic mass is 16.2. The van der Waals surface area contributed by atoms with Crippen LogP contribution in [0.25, 0.3) is 16.9 Å². The Hall–Kier alpha value is -3.73. The molecule has 0 saturated carbocycles. The molecule has 0 fully saturated rings. The van der Waals surface area contributed by atoms with E-state index in [9.17, 15) is 4.79 Å². The molecule has 1 aliphatic rings. The first kappa shape index (κ1) is 16.4. The first-order valence-corrected chi connectivity index (χ1v) is 9.27. The van der Waals surface area contributed by atoms with E-state index in [1.54, 1.807) is 12.4 Å². The number of para-hydroxylation sites is 2. The minimum absolute atomic E-state index is 0.0741. The van der Waals surface area contributed by atoms with Crippen molar-refractivity contribution in [1.82, 2.24) is 14.8 Å². The summed E-state index contributed by atoms with van der Waals surface area (Å²) in [7, 11) is 0. The molecule has 0 aliphatic carbocycles. The average molecular weight is 366 g/mol. The molecule has 0 radical (unpaired) electrons. The molecule has 136 valence electrons. The molecule has 5 rings (SSSR count). The van der Waals surface area contributed by atoms with Gasteiger partial charge in [-0.05, 0) is 48.4 Å². The Labute approximate surface area is 162 Å². The van der Waals surface area contributed by atoms with Crippen LogP contribution in [-0.2, 0) is 6.42 Å². The zero-order chi connectivity index (χ0) is 18.9. The van der Waals surface area contributed by atoms with Gasteiger partial charge in [0.15, 0.2) is 5.69 Å². The number of rotatable bonds is 3. The number of carbonyl (C=O) groups is 1. The monoisotopic (exact) mass is 366 g/mol. The molecule has 28 heavy (non-hydrogen) atoms. The molecule has 0 saturated heterocycles. The number of hydrogen-bond acceptors (Lipinski definition) is 3. The lowest BCUT2D eigenvalue weighted by atomic mass is 10.1. The summed E-state index contributed by atoms with van der Waals surface area (Å²) in [6.07, 6.45) is 4.37. The summed E-state index contributed by atoms with van der Waals surface area (Å²) in [5.41, 5.74) is 5.36. The molecular formula is C23H18N4O. The van der Waals surface area contributed by atoms with Gasteiger partial charge in [-0.25, -0.2) is 4.68 Å². The Bertz CT molecular complexity index is 1080. The lowest BCUT2D eigenvalue weighted by molar-refractivity contribution is 0.0984. The Morgan fingerprint density at radius 2 is 1.64 bits per heavy atom. The maximum atomic E-state index is 13.3. The number of pyridine rings is 1. The minimum atomic E-state index is -0.0741. The fraction of sp³-hybridized carbons (Fsp3) is 0.0870. The highest BCUT2D eigenvalue weighted by Crippen LogP contribution is 2.30. The van der Waals surface area contributed by atoms with Gasteiger partial charge in [0.25, 0.3) is 5.91 Å². The van der Waals surface area contributed by atoms with E-state index in [0.717, 1.165) is 29.1 Å². The Kier molecular flexibility index (Phi) is 3.98. The van der Waals surface area contributed by atoms with Crippen molar-refractivity contribution < 1.29 is 4.79 Å². The standard InChI is InChI=1S/C23H18N4O/c28-23(26-15-12-17-6-4-5-9-21(17)26)20-16-22(18-10-13-24-14-11-18)27(25-20)19-7-2-1-3-8-19/h1-11,13-14,16H,12,15H2. The van der Waals surface area contributed by atoms with Crippen molar-refractivity contribution in [2.24, 2.45) is 0 Å². The largest absolute Gasteiger partial charge is 0.306 e. The normalized spacial score (nSPS) is 12.8. The highest BCUT2D eigenvalue weighted by molar-refractivity contribution is 6.06. The molecule has 4 aromatic rings. The van der Waals surface area contributed by atoms with Crippen LogP contribution in [0.2, 0.25) is 0 Å². The molecule has 5 nitrogen and oxygen atoms in total. The van der Waals surface area contributed by atoms with Crippen molar-refractivity contribution in [3.63, 3.8) is 0 Å². The fourth-order valence-corrected chi connectivity index (χ4v) is 3.67. The molecular weight excluding hydrogens is 348 g/mol. The van der Waals surface area contributed by atoms with Crippen LogP contribution in [0.4, 0.5) is 5.69 Å². The van der Waals surface area contributed by atoms with Gasteiger partial charge >= 0.3 is 0 Å². The smallest absolute Gasteiger partial charge is 0.278 e. The van der Waals surface area contributed by atoms with E-state index in [-0.39, 0.29) is 5.91 Å². The summed E-state index contributed by atoms with van der Waals surface area (Å²) < 4.78 is 1.82. The predicted molar refractivity (Wildman–Crippen MR) is 109 cm³/mol. The van der Waals surface area contributed by atoms with Crippen LogP contribution in [0.5, 0.6) is 0 Å². The SMILES string of the molecule is O=C(c1cc(-c2ccncc2)n(-c2ccccc2)n1)N1CCc2ccccc21. The van der Waals surface area contributed by atoms with Crippen LogP contribution >= 0.6 is 0 Å². The summed E-state index contributed by atoms with van der Waals surface area (Å²) in [6.45, 7) is 0.682. The van der Waals surface area contributed by atoms with Crippen molar-refractivity contribution in [3.05, 3.63) is 96.4 Å². The van der Waals surface area contributed by atoms with Gasteiger partial charge in [-0.15, -0.1) is 0 Å². The molecule has 1 aliphatic heterocycles. The number of fused-ring (bicyclic) bond motifs is 1. The summed E-state index contributed by atoms with van der Waals surface area (Å²) in [5.74, 6) is -0.0741. The van der Waals surface area contributed by atoms with Gasteiger partial charge in [-0.1, -0.05) is 36.4 Å².